The number of nitrogens with one attached hydrogen (secondary N) is 1. The third-order valence-electron chi connectivity index (χ3n) is 5.38. The molecule has 2 aromatic rings. The Morgan fingerprint density at radius 1 is 1.32 bits per heavy atom. The summed E-state index contributed by atoms with van der Waals surface area (Å²) < 4.78 is 5.68. The van der Waals surface area contributed by atoms with Crippen molar-refractivity contribution in [3.05, 3.63) is 29.5 Å². The molecule has 4 nitrogen and oxygen atoms in total. The number of fused-ring (bicyclic) bond motifs is 2. The molecule has 1 unspecified atom stereocenters. The quantitative estimate of drug-likeness (QED) is 0.945. The molecule has 2 fully saturated rings. The Kier molecular flexibility index (Phi) is 3.59. The fourth-order valence-electron chi connectivity index (χ4n) is 4.20. The van der Waals surface area contributed by atoms with Crippen LogP contribution in [0.15, 0.2) is 18.3 Å². The smallest absolute Gasteiger partial charge is 0.124 e. The Balaban J connectivity index is 1.63. The van der Waals surface area contributed by atoms with Gasteiger partial charge in [0, 0.05) is 54.9 Å². The number of aromatic amines is 1. The van der Waals surface area contributed by atoms with Crippen LogP contribution in [0.25, 0.3) is 10.9 Å². The van der Waals surface area contributed by atoms with Gasteiger partial charge in [0.15, 0.2) is 0 Å². The lowest BCUT2D eigenvalue weighted by Gasteiger charge is -2.37. The minimum Gasteiger partial charge on any atom is -0.496 e. The fraction of sp³-hybridized carbons (Fsp3) is 0.556. The number of piperazine rings is 1. The molecule has 0 amide bonds. The van der Waals surface area contributed by atoms with Crippen LogP contribution in [0.4, 0.5) is 0 Å². The first-order chi connectivity index (χ1) is 10.8. The summed E-state index contributed by atoms with van der Waals surface area (Å²) in [6.07, 6.45) is 4.77. The number of benzene rings is 1. The zero-order valence-electron chi connectivity index (χ0n) is 13.6. The summed E-state index contributed by atoms with van der Waals surface area (Å²) in [5.74, 6) is 1.03. The standard InChI is InChI=1S/C18H25N3O/c1-13-10-17(22-2)16(15-5-6-19-18(13)15)12-20-8-9-21-7-3-4-14(21)11-20/h5-6,10,14,19H,3-4,7-9,11-12H2,1-2H3. The van der Waals surface area contributed by atoms with Crippen molar-refractivity contribution in [1.82, 2.24) is 14.8 Å². The van der Waals surface area contributed by atoms with Crippen molar-refractivity contribution in [2.24, 2.45) is 0 Å². The minimum atomic E-state index is 0.770. The van der Waals surface area contributed by atoms with Crippen molar-refractivity contribution in [3.8, 4) is 5.75 Å². The summed E-state index contributed by atoms with van der Waals surface area (Å²) in [5, 5.41) is 1.31. The highest BCUT2D eigenvalue weighted by Crippen LogP contribution is 2.32. The second kappa shape index (κ2) is 5.60. The lowest BCUT2D eigenvalue weighted by molar-refractivity contribution is 0.0990. The molecule has 2 aliphatic rings. The Morgan fingerprint density at radius 3 is 3.09 bits per heavy atom. The molecular weight excluding hydrogens is 274 g/mol. The predicted octanol–water partition coefficient (Wildman–Crippen LogP) is 2.76. The van der Waals surface area contributed by atoms with Gasteiger partial charge in [0.2, 0.25) is 0 Å². The summed E-state index contributed by atoms with van der Waals surface area (Å²) in [5.41, 5.74) is 3.83. The van der Waals surface area contributed by atoms with E-state index in [0.29, 0.717) is 0 Å². The summed E-state index contributed by atoms with van der Waals surface area (Å²) in [6, 6.07) is 5.12. The van der Waals surface area contributed by atoms with Gasteiger partial charge in [-0.25, -0.2) is 0 Å². The van der Waals surface area contributed by atoms with E-state index in [0.717, 1.165) is 18.3 Å². The van der Waals surface area contributed by atoms with Crippen molar-refractivity contribution in [1.29, 1.82) is 0 Å². The van der Waals surface area contributed by atoms with E-state index >= 15 is 0 Å². The number of hydrogen-bond donors (Lipinski definition) is 1. The van der Waals surface area contributed by atoms with Crippen molar-refractivity contribution < 1.29 is 4.74 Å². The SMILES string of the molecule is COc1cc(C)c2[nH]ccc2c1CN1CCN2CCCC2C1. The monoisotopic (exact) mass is 299 g/mol. The van der Waals surface area contributed by atoms with Crippen molar-refractivity contribution >= 4 is 10.9 Å². The van der Waals surface area contributed by atoms with Crippen LogP contribution < -0.4 is 4.74 Å². The molecule has 1 aromatic heterocycles. The van der Waals surface area contributed by atoms with Crippen molar-refractivity contribution in [3.63, 3.8) is 0 Å². The molecule has 3 heterocycles. The maximum Gasteiger partial charge on any atom is 0.124 e. The molecular formula is C18H25N3O. The van der Waals surface area contributed by atoms with E-state index in [2.05, 4.69) is 33.8 Å². The van der Waals surface area contributed by atoms with E-state index in [9.17, 15) is 0 Å². The van der Waals surface area contributed by atoms with E-state index in [1.807, 2.05) is 6.20 Å². The Bertz CT molecular complexity index is 678. The molecule has 4 rings (SSSR count). The lowest BCUT2D eigenvalue weighted by atomic mass is 10.0. The van der Waals surface area contributed by atoms with Gasteiger partial charge in [0.05, 0.1) is 7.11 Å². The molecule has 1 atom stereocenters. The first-order valence-corrected chi connectivity index (χ1v) is 8.36. The molecule has 118 valence electrons. The first kappa shape index (κ1) is 14.1. The zero-order valence-corrected chi connectivity index (χ0v) is 13.6. The van der Waals surface area contributed by atoms with E-state index in [-0.39, 0.29) is 0 Å². The molecule has 0 spiro atoms. The van der Waals surface area contributed by atoms with Crippen LogP contribution in [0.2, 0.25) is 0 Å². The van der Waals surface area contributed by atoms with Gasteiger partial charge in [-0.1, -0.05) is 0 Å². The van der Waals surface area contributed by atoms with Crippen molar-refractivity contribution in [2.45, 2.75) is 32.4 Å². The number of nitrogens with zero attached hydrogens (tertiary/aromatic N) is 2. The predicted molar refractivity (Wildman–Crippen MR) is 89.5 cm³/mol. The largest absolute Gasteiger partial charge is 0.496 e. The maximum absolute atomic E-state index is 5.68. The number of hydrogen-bond acceptors (Lipinski definition) is 3. The number of ether oxygens (including phenoxy) is 1. The number of methoxy groups -OCH3 is 1. The van der Waals surface area contributed by atoms with Gasteiger partial charge < -0.3 is 9.72 Å². The second-order valence-corrected chi connectivity index (χ2v) is 6.71. The van der Waals surface area contributed by atoms with Gasteiger partial charge in [-0.15, -0.1) is 0 Å². The van der Waals surface area contributed by atoms with Crippen LogP contribution in [-0.2, 0) is 6.54 Å². The Labute approximate surface area is 132 Å². The van der Waals surface area contributed by atoms with Gasteiger partial charge >= 0.3 is 0 Å². The Morgan fingerprint density at radius 2 is 2.23 bits per heavy atom. The lowest BCUT2D eigenvalue weighted by Crippen LogP contribution is -2.49. The van der Waals surface area contributed by atoms with Crippen LogP contribution in [0, 0.1) is 6.92 Å². The topological polar surface area (TPSA) is 31.5 Å². The molecule has 1 aromatic carbocycles. The third-order valence-corrected chi connectivity index (χ3v) is 5.38. The van der Waals surface area contributed by atoms with Crippen LogP contribution in [0.3, 0.4) is 0 Å². The van der Waals surface area contributed by atoms with Gasteiger partial charge in [0.1, 0.15) is 5.75 Å². The fourth-order valence-corrected chi connectivity index (χ4v) is 4.20. The van der Waals surface area contributed by atoms with Gasteiger partial charge in [-0.2, -0.15) is 0 Å². The average molecular weight is 299 g/mol. The molecule has 0 radical (unpaired) electrons. The zero-order chi connectivity index (χ0) is 15.1. The summed E-state index contributed by atoms with van der Waals surface area (Å²) in [6.45, 7) is 8.01. The average Bonchev–Trinajstić information content (AvgIpc) is 3.18. The van der Waals surface area contributed by atoms with Crippen molar-refractivity contribution in [2.75, 3.05) is 33.3 Å². The molecule has 0 saturated carbocycles. The highest BCUT2D eigenvalue weighted by Gasteiger charge is 2.31. The molecule has 22 heavy (non-hydrogen) atoms. The normalized spacial score (nSPS) is 23.1. The summed E-state index contributed by atoms with van der Waals surface area (Å²) in [7, 11) is 1.78. The van der Waals surface area contributed by atoms with Crippen LogP contribution in [0.5, 0.6) is 5.75 Å². The maximum atomic E-state index is 5.68. The van der Waals surface area contributed by atoms with E-state index < -0.39 is 0 Å². The highest BCUT2D eigenvalue weighted by atomic mass is 16.5. The second-order valence-electron chi connectivity index (χ2n) is 6.71. The Hall–Kier alpha value is -1.52. The molecule has 0 aliphatic carbocycles. The summed E-state index contributed by atoms with van der Waals surface area (Å²) in [4.78, 5) is 8.64. The number of aryl methyl sites for hydroxylation is 1. The van der Waals surface area contributed by atoms with Gasteiger partial charge in [-0.05, 0) is 44.0 Å². The van der Waals surface area contributed by atoms with E-state index in [1.54, 1.807) is 7.11 Å². The molecule has 1 N–H and O–H groups in total. The number of rotatable bonds is 3. The number of aromatic nitrogens is 1. The van der Waals surface area contributed by atoms with E-state index in [1.165, 1.54) is 61.1 Å². The van der Waals surface area contributed by atoms with Crippen LogP contribution >= 0.6 is 0 Å². The first-order valence-electron chi connectivity index (χ1n) is 8.36. The molecule has 0 bridgehead atoms. The molecule has 2 saturated heterocycles. The van der Waals surface area contributed by atoms with Crippen LogP contribution in [-0.4, -0.2) is 54.1 Å². The molecule has 4 heteroatoms. The van der Waals surface area contributed by atoms with Gasteiger partial charge in [0.25, 0.3) is 0 Å². The minimum absolute atomic E-state index is 0.770. The molecule has 2 aliphatic heterocycles. The van der Waals surface area contributed by atoms with E-state index in [4.69, 9.17) is 4.74 Å². The van der Waals surface area contributed by atoms with Gasteiger partial charge in [-0.3, -0.25) is 9.80 Å². The summed E-state index contributed by atoms with van der Waals surface area (Å²) >= 11 is 0. The number of H-pyrrole nitrogens is 1. The third kappa shape index (κ3) is 2.31. The van der Waals surface area contributed by atoms with Crippen LogP contribution in [0.1, 0.15) is 24.0 Å². The highest BCUT2D eigenvalue weighted by molar-refractivity contribution is 5.88.